The summed E-state index contributed by atoms with van der Waals surface area (Å²) in [5.74, 6) is -1.05. The van der Waals surface area contributed by atoms with Gasteiger partial charge in [-0.1, -0.05) is 43.6 Å². The highest BCUT2D eigenvalue weighted by Crippen LogP contribution is 2.24. The first-order valence-electron chi connectivity index (χ1n) is 6.80. The maximum Gasteiger partial charge on any atom is 0.258 e. The number of para-hydroxylation sites is 1. The lowest BCUT2D eigenvalue weighted by molar-refractivity contribution is 0.102. The van der Waals surface area contributed by atoms with E-state index >= 15 is 0 Å². The van der Waals surface area contributed by atoms with E-state index in [0.29, 0.717) is 0 Å². The highest BCUT2D eigenvalue weighted by molar-refractivity contribution is 6.33. The van der Waals surface area contributed by atoms with Crippen molar-refractivity contribution in [1.82, 2.24) is 4.98 Å². The molecule has 5 heteroatoms. The van der Waals surface area contributed by atoms with E-state index in [1.165, 1.54) is 0 Å². The van der Waals surface area contributed by atoms with Crippen LogP contribution in [0, 0.1) is 5.82 Å². The van der Waals surface area contributed by atoms with Crippen LogP contribution < -0.4 is 5.32 Å². The molecule has 0 bridgehead atoms. The molecule has 0 saturated carbocycles. The summed E-state index contributed by atoms with van der Waals surface area (Å²) in [6.07, 6.45) is 2.56. The summed E-state index contributed by atoms with van der Waals surface area (Å²) in [4.78, 5) is 16.0. The largest absolute Gasteiger partial charge is 0.321 e. The van der Waals surface area contributed by atoms with Gasteiger partial charge in [0.2, 0.25) is 0 Å². The first-order valence-corrected chi connectivity index (χ1v) is 7.17. The van der Waals surface area contributed by atoms with E-state index in [-0.39, 0.29) is 10.7 Å². The third kappa shape index (κ3) is 3.39. The van der Waals surface area contributed by atoms with Crippen LogP contribution in [0.5, 0.6) is 0 Å². The standard InChI is InChI=1S/C16H16ClFN2O/c1-3-10-6-5-7-11(4-2)14(10)20-16(21)13-8-12(18)9-19-15(13)17/h5-9H,3-4H2,1-2H3,(H,20,21). The van der Waals surface area contributed by atoms with Crippen molar-refractivity contribution in [3.63, 3.8) is 0 Å². The zero-order valence-corrected chi connectivity index (χ0v) is 12.7. The van der Waals surface area contributed by atoms with Crippen LogP contribution in [-0.4, -0.2) is 10.9 Å². The molecule has 0 aliphatic heterocycles. The molecule has 0 fully saturated rings. The van der Waals surface area contributed by atoms with Gasteiger partial charge in [0.1, 0.15) is 11.0 Å². The molecule has 1 heterocycles. The van der Waals surface area contributed by atoms with E-state index in [2.05, 4.69) is 10.3 Å². The zero-order chi connectivity index (χ0) is 15.4. The number of carbonyl (C=O) groups excluding carboxylic acids is 1. The van der Waals surface area contributed by atoms with Crippen molar-refractivity contribution in [2.45, 2.75) is 26.7 Å². The maximum absolute atomic E-state index is 13.2. The fourth-order valence-corrected chi connectivity index (χ4v) is 2.35. The third-order valence-electron chi connectivity index (χ3n) is 3.29. The molecule has 0 aliphatic carbocycles. The van der Waals surface area contributed by atoms with Crippen molar-refractivity contribution in [1.29, 1.82) is 0 Å². The predicted molar refractivity (Wildman–Crippen MR) is 82.4 cm³/mol. The van der Waals surface area contributed by atoms with Crippen LogP contribution >= 0.6 is 11.6 Å². The van der Waals surface area contributed by atoms with Crippen LogP contribution in [0.2, 0.25) is 5.15 Å². The highest BCUT2D eigenvalue weighted by atomic mass is 35.5. The lowest BCUT2D eigenvalue weighted by Crippen LogP contribution is -2.16. The summed E-state index contributed by atoms with van der Waals surface area (Å²) in [5.41, 5.74) is 2.86. The number of hydrogen-bond acceptors (Lipinski definition) is 2. The summed E-state index contributed by atoms with van der Waals surface area (Å²) in [5, 5.41) is 2.82. The summed E-state index contributed by atoms with van der Waals surface area (Å²) in [6, 6.07) is 6.97. The monoisotopic (exact) mass is 306 g/mol. The lowest BCUT2D eigenvalue weighted by atomic mass is 10.0. The van der Waals surface area contributed by atoms with Gasteiger partial charge in [0.25, 0.3) is 5.91 Å². The molecule has 2 aromatic rings. The fourth-order valence-electron chi connectivity index (χ4n) is 2.17. The van der Waals surface area contributed by atoms with E-state index in [9.17, 15) is 9.18 Å². The molecule has 110 valence electrons. The van der Waals surface area contributed by atoms with E-state index in [4.69, 9.17) is 11.6 Å². The number of nitrogens with one attached hydrogen (secondary N) is 1. The molecule has 1 amide bonds. The van der Waals surface area contributed by atoms with Crippen molar-refractivity contribution < 1.29 is 9.18 Å². The molecule has 1 aromatic carbocycles. The van der Waals surface area contributed by atoms with Gasteiger partial charge in [0.15, 0.2) is 0 Å². The van der Waals surface area contributed by atoms with E-state index in [0.717, 1.165) is 41.9 Å². The summed E-state index contributed by atoms with van der Waals surface area (Å²) in [7, 11) is 0. The Balaban J connectivity index is 2.38. The number of carbonyl (C=O) groups is 1. The van der Waals surface area contributed by atoms with Crippen molar-refractivity contribution >= 4 is 23.2 Å². The molecule has 0 spiro atoms. The number of pyridine rings is 1. The van der Waals surface area contributed by atoms with Crippen LogP contribution in [0.1, 0.15) is 35.3 Å². The first kappa shape index (κ1) is 15.4. The Morgan fingerprint density at radius 2 is 1.90 bits per heavy atom. The first-order chi connectivity index (χ1) is 10.1. The number of hydrogen-bond donors (Lipinski definition) is 1. The normalized spacial score (nSPS) is 10.5. The summed E-state index contributed by atoms with van der Waals surface area (Å²) < 4.78 is 13.2. The van der Waals surface area contributed by atoms with Crippen molar-refractivity contribution in [2.24, 2.45) is 0 Å². The minimum atomic E-state index is -0.593. The van der Waals surface area contributed by atoms with E-state index in [1.807, 2.05) is 32.0 Å². The molecule has 21 heavy (non-hydrogen) atoms. The average molecular weight is 307 g/mol. The molecular formula is C16H16ClFN2O. The SMILES string of the molecule is CCc1cccc(CC)c1NC(=O)c1cc(F)cnc1Cl. The molecule has 0 radical (unpaired) electrons. The maximum atomic E-state index is 13.2. The van der Waals surface area contributed by atoms with Gasteiger partial charge >= 0.3 is 0 Å². The average Bonchev–Trinajstić information content (AvgIpc) is 2.49. The Morgan fingerprint density at radius 3 is 2.48 bits per heavy atom. The Kier molecular flexibility index (Phi) is 4.91. The molecule has 0 saturated heterocycles. The van der Waals surface area contributed by atoms with Gasteiger partial charge in [-0.3, -0.25) is 4.79 Å². The highest BCUT2D eigenvalue weighted by Gasteiger charge is 2.16. The number of halogens is 2. The Bertz CT molecular complexity index is 651. The molecule has 1 aromatic heterocycles. The Morgan fingerprint density at radius 1 is 1.29 bits per heavy atom. The van der Waals surface area contributed by atoms with Crippen molar-refractivity contribution in [2.75, 3.05) is 5.32 Å². The number of rotatable bonds is 4. The lowest BCUT2D eigenvalue weighted by Gasteiger charge is -2.14. The molecule has 1 N–H and O–H groups in total. The second kappa shape index (κ2) is 6.68. The second-order valence-electron chi connectivity index (χ2n) is 4.60. The minimum Gasteiger partial charge on any atom is -0.321 e. The molecule has 3 nitrogen and oxygen atoms in total. The third-order valence-corrected chi connectivity index (χ3v) is 3.59. The second-order valence-corrected chi connectivity index (χ2v) is 4.96. The van der Waals surface area contributed by atoms with Gasteiger partial charge in [0, 0.05) is 5.69 Å². The number of aromatic nitrogens is 1. The summed E-state index contributed by atoms with van der Waals surface area (Å²) >= 11 is 5.87. The van der Waals surface area contributed by atoms with Gasteiger partial charge in [-0.05, 0) is 30.0 Å². The van der Waals surface area contributed by atoms with Crippen LogP contribution in [0.4, 0.5) is 10.1 Å². The molecule has 0 atom stereocenters. The number of nitrogens with zero attached hydrogens (tertiary/aromatic N) is 1. The fraction of sp³-hybridized carbons (Fsp3) is 0.250. The van der Waals surface area contributed by atoms with Crippen LogP contribution in [-0.2, 0) is 12.8 Å². The van der Waals surface area contributed by atoms with Gasteiger partial charge in [-0.15, -0.1) is 0 Å². The Hall–Kier alpha value is -1.94. The number of amides is 1. The molecular weight excluding hydrogens is 291 g/mol. The van der Waals surface area contributed by atoms with Gasteiger partial charge in [0.05, 0.1) is 11.8 Å². The zero-order valence-electron chi connectivity index (χ0n) is 11.9. The molecule has 0 unspecified atom stereocenters. The molecule has 2 rings (SSSR count). The number of anilines is 1. The quantitative estimate of drug-likeness (QED) is 0.858. The van der Waals surface area contributed by atoms with Crippen LogP contribution in [0.15, 0.2) is 30.5 Å². The summed E-state index contributed by atoms with van der Waals surface area (Å²) in [6.45, 7) is 4.03. The van der Waals surface area contributed by atoms with Crippen LogP contribution in [0.3, 0.4) is 0 Å². The van der Waals surface area contributed by atoms with Crippen molar-refractivity contribution in [3.05, 3.63) is 58.1 Å². The number of aryl methyl sites for hydroxylation is 2. The Labute approximate surface area is 128 Å². The smallest absolute Gasteiger partial charge is 0.258 e. The van der Waals surface area contributed by atoms with Gasteiger partial charge < -0.3 is 5.32 Å². The van der Waals surface area contributed by atoms with Gasteiger partial charge in [-0.2, -0.15) is 0 Å². The number of benzene rings is 1. The van der Waals surface area contributed by atoms with E-state index in [1.54, 1.807) is 0 Å². The topological polar surface area (TPSA) is 42.0 Å². The van der Waals surface area contributed by atoms with Crippen molar-refractivity contribution in [3.8, 4) is 0 Å². The minimum absolute atomic E-state index is 0.0130. The molecule has 0 aliphatic rings. The van der Waals surface area contributed by atoms with E-state index < -0.39 is 11.7 Å². The predicted octanol–water partition coefficient (Wildman–Crippen LogP) is 4.25. The van der Waals surface area contributed by atoms with Gasteiger partial charge in [-0.25, -0.2) is 9.37 Å². The van der Waals surface area contributed by atoms with Crippen LogP contribution in [0.25, 0.3) is 0 Å².